The number of aliphatic imine (C=N–C) groups is 1. The van der Waals surface area contributed by atoms with Gasteiger partial charge < -0.3 is 20.1 Å². The first-order valence-electron chi connectivity index (χ1n) is 6.10. The average Bonchev–Trinajstić information content (AvgIpc) is 2.38. The predicted molar refractivity (Wildman–Crippen MR) is 77.9 cm³/mol. The molecule has 2 aliphatic rings. The summed E-state index contributed by atoms with van der Waals surface area (Å²) in [6.07, 6.45) is 3.81. The van der Waals surface area contributed by atoms with Crippen molar-refractivity contribution in [2.45, 2.75) is 25.4 Å². The Kier molecular flexibility index (Phi) is 7.14. The minimum Gasteiger partial charge on any atom is -0.378 e. The topological polar surface area (TPSA) is 60.1 Å². The zero-order valence-corrected chi connectivity index (χ0v) is 12.5. The predicted octanol–water partition coefficient (Wildman–Crippen LogP) is 0.820. The number of nitrogens with zero attached hydrogens (tertiary/aromatic N) is 2. The largest absolute Gasteiger partial charge is 0.378 e. The molecule has 100 valence electrons. The van der Waals surface area contributed by atoms with Gasteiger partial charge in [0.05, 0.1) is 25.9 Å². The standard InChI is InChI=1S/C11H21N3O2.HI/c12-11(14-4-7-15-8-5-14)13-9-10-3-1-2-6-16-10;/h10H,1-9H2,(H2,12,13);1H. The highest BCUT2D eigenvalue weighted by Crippen LogP contribution is 2.12. The number of nitrogens with two attached hydrogens (primary N) is 1. The van der Waals surface area contributed by atoms with Crippen LogP contribution in [0.3, 0.4) is 0 Å². The summed E-state index contributed by atoms with van der Waals surface area (Å²) in [4.78, 5) is 6.49. The quantitative estimate of drug-likeness (QED) is 0.453. The van der Waals surface area contributed by atoms with E-state index < -0.39 is 0 Å². The van der Waals surface area contributed by atoms with Crippen LogP contribution in [0.25, 0.3) is 0 Å². The molecule has 0 aliphatic carbocycles. The molecule has 2 heterocycles. The number of guanidine groups is 1. The third-order valence-electron chi connectivity index (χ3n) is 3.07. The van der Waals surface area contributed by atoms with Crippen molar-refractivity contribution in [1.29, 1.82) is 0 Å². The van der Waals surface area contributed by atoms with Gasteiger partial charge in [-0.2, -0.15) is 0 Å². The fourth-order valence-corrected chi connectivity index (χ4v) is 2.04. The summed E-state index contributed by atoms with van der Waals surface area (Å²) in [5.74, 6) is 0.637. The number of ether oxygens (including phenoxy) is 2. The molecule has 0 aromatic heterocycles. The first-order valence-corrected chi connectivity index (χ1v) is 6.10. The number of rotatable bonds is 2. The minimum atomic E-state index is 0. The lowest BCUT2D eigenvalue weighted by Gasteiger charge is -2.28. The smallest absolute Gasteiger partial charge is 0.191 e. The van der Waals surface area contributed by atoms with E-state index >= 15 is 0 Å². The minimum absolute atomic E-state index is 0. The number of morpholine rings is 1. The fourth-order valence-electron chi connectivity index (χ4n) is 2.04. The zero-order chi connectivity index (χ0) is 11.2. The van der Waals surface area contributed by atoms with Crippen molar-refractivity contribution in [2.24, 2.45) is 10.7 Å². The van der Waals surface area contributed by atoms with Crippen molar-refractivity contribution >= 4 is 29.9 Å². The van der Waals surface area contributed by atoms with Gasteiger partial charge in [0, 0.05) is 19.7 Å². The maximum absolute atomic E-state index is 5.93. The van der Waals surface area contributed by atoms with Crippen molar-refractivity contribution < 1.29 is 9.47 Å². The molecule has 0 bridgehead atoms. The number of hydrogen-bond acceptors (Lipinski definition) is 3. The van der Waals surface area contributed by atoms with E-state index in [9.17, 15) is 0 Å². The van der Waals surface area contributed by atoms with Gasteiger partial charge in [-0.05, 0) is 19.3 Å². The second-order valence-corrected chi connectivity index (χ2v) is 4.29. The summed E-state index contributed by atoms with van der Waals surface area (Å²) in [5, 5.41) is 0. The lowest BCUT2D eigenvalue weighted by atomic mass is 10.1. The highest BCUT2D eigenvalue weighted by molar-refractivity contribution is 14.0. The van der Waals surface area contributed by atoms with Crippen LogP contribution < -0.4 is 5.73 Å². The van der Waals surface area contributed by atoms with E-state index in [0.29, 0.717) is 12.5 Å². The summed E-state index contributed by atoms with van der Waals surface area (Å²) >= 11 is 0. The Morgan fingerprint density at radius 3 is 2.65 bits per heavy atom. The molecule has 2 rings (SSSR count). The molecule has 5 nitrogen and oxygen atoms in total. The number of halogens is 1. The molecule has 2 fully saturated rings. The van der Waals surface area contributed by atoms with Crippen LogP contribution in [0.15, 0.2) is 4.99 Å². The lowest BCUT2D eigenvalue weighted by molar-refractivity contribution is 0.0220. The van der Waals surface area contributed by atoms with Gasteiger partial charge in [-0.25, -0.2) is 0 Å². The van der Waals surface area contributed by atoms with E-state index in [1.807, 2.05) is 0 Å². The van der Waals surface area contributed by atoms with Gasteiger partial charge in [-0.1, -0.05) is 0 Å². The molecule has 0 aromatic carbocycles. The molecular weight excluding hydrogens is 333 g/mol. The fraction of sp³-hybridized carbons (Fsp3) is 0.909. The first-order chi connectivity index (χ1) is 7.86. The molecule has 0 radical (unpaired) electrons. The molecule has 0 amide bonds. The molecule has 0 spiro atoms. The molecule has 1 unspecified atom stereocenters. The summed E-state index contributed by atoms with van der Waals surface area (Å²) in [6.45, 7) is 4.76. The Hall–Kier alpha value is -0.0800. The van der Waals surface area contributed by atoms with E-state index in [-0.39, 0.29) is 30.1 Å². The molecule has 1 atom stereocenters. The maximum Gasteiger partial charge on any atom is 0.191 e. The van der Waals surface area contributed by atoms with Gasteiger partial charge >= 0.3 is 0 Å². The van der Waals surface area contributed by atoms with Crippen molar-refractivity contribution in [1.82, 2.24) is 4.90 Å². The van der Waals surface area contributed by atoms with E-state index in [1.54, 1.807) is 0 Å². The molecule has 6 heteroatoms. The van der Waals surface area contributed by atoms with Crippen molar-refractivity contribution in [3.8, 4) is 0 Å². The highest BCUT2D eigenvalue weighted by atomic mass is 127. The van der Waals surface area contributed by atoms with Crippen molar-refractivity contribution in [3.63, 3.8) is 0 Å². The van der Waals surface area contributed by atoms with Crippen molar-refractivity contribution in [3.05, 3.63) is 0 Å². The van der Waals surface area contributed by atoms with Gasteiger partial charge in [0.15, 0.2) is 5.96 Å². The second-order valence-electron chi connectivity index (χ2n) is 4.29. The molecular formula is C11H22IN3O2. The zero-order valence-electron chi connectivity index (χ0n) is 10.1. The van der Waals surface area contributed by atoms with Gasteiger partial charge in [0.1, 0.15) is 0 Å². The SMILES string of the molecule is I.NC(=NCC1CCCCO1)N1CCOCC1. The first kappa shape index (κ1) is 15.0. The van der Waals surface area contributed by atoms with Crippen LogP contribution in [0.5, 0.6) is 0 Å². The highest BCUT2D eigenvalue weighted by Gasteiger charge is 2.15. The van der Waals surface area contributed by atoms with Crippen LogP contribution in [-0.4, -0.2) is 56.4 Å². The molecule has 17 heavy (non-hydrogen) atoms. The lowest BCUT2D eigenvalue weighted by Crippen LogP contribution is -2.45. The number of hydrogen-bond donors (Lipinski definition) is 1. The second kappa shape index (κ2) is 8.10. The van der Waals surface area contributed by atoms with Crippen LogP contribution in [0.4, 0.5) is 0 Å². The summed E-state index contributed by atoms with van der Waals surface area (Å²) < 4.78 is 10.9. The van der Waals surface area contributed by atoms with E-state index in [1.165, 1.54) is 12.8 Å². The van der Waals surface area contributed by atoms with Crippen molar-refractivity contribution in [2.75, 3.05) is 39.5 Å². The monoisotopic (exact) mass is 355 g/mol. The Labute approximate surface area is 120 Å². The molecule has 2 aliphatic heterocycles. The summed E-state index contributed by atoms with van der Waals surface area (Å²) in [6, 6.07) is 0. The Balaban J connectivity index is 0.00000144. The maximum atomic E-state index is 5.93. The molecule has 2 saturated heterocycles. The van der Waals surface area contributed by atoms with E-state index in [2.05, 4.69) is 9.89 Å². The summed E-state index contributed by atoms with van der Waals surface area (Å²) in [7, 11) is 0. The van der Waals surface area contributed by atoms with Crippen LogP contribution in [-0.2, 0) is 9.47 Å². The van der Waals surface area contributed by atoms with Crippen LogP contribution in [0.2, 0.25) is 0 Å². The van der Waals surface area contributed by atoms with Crippen LogP contribution in [0, 0.1) is 0 Å². The average molecular weight is 355 g/mol. The van der Waals surface area contributed by atoms with Gasteiger partial charge in [-0.3, -0.25) is 4.99 Å². The molecule has 2 N–H and O–H groups in total. The van der Waals surface area contributed by atoms with Crippen LogP contribution in [0.1, 0.15) is 19.3 Å². The van der Waals surface area contributed by atoms with E-state index in [0.717, 1.165) is 39.3 Å². The third kappa shape index (κ3) is 4.97. The Morgan fingerprint density at radius 1 is 1.24 bits per heavy atom. The van der Waals surface area contributed by atoms with Gasteiger partial charge in [0.2, 0.25) is 0 Å². The molecule has 0 aromatic rings. The Morgan fingerprint density at radius 2 is 2.00 bits per heavy atom. The van der Waals surface area contributed by atoms with Gasteiger partial charge in [-0.15, -0.1) is 24.0 Å². The molecule has 0 saturated carbocycles. The van der Waals surface area contributed by atoms with Crippen LogP contribution >= 0.6 is 24.0 Å². The van der Waals surface area contributed by atoms with E-state index in [4.69, 9.17) is 15.2 Å². The van der Waals surface area contributed by atoms with Gasteiger partial charge in [0.25, 0.3) is 0 Å². The normalized spacial score (nSPS) is 26.5. The third-order valence-corrected chi connectivity index (χ3v) is 3.07. The Bertz CT molecular complexity index is 239. The summed E-state index contributed by atoms with van der Waals surface area (Å²) in [5.41, 5.74) is 5.93.